The van der Waals surface area contributed by atoms with Crippen LogP contribution >= 0.6 is 0 Å². The summed E-state index contributed by atoms with van der Waals surface area (Å²) in [7, 11) is 1.86. The van der Waals surface area contributed by atoms with Gasteiger partial charge in [-0.2, -0.15) is 0 Å². The van der Waals surface area contributed by atoms with Crippen LogP contribution in [0.25, 0.3) is 11.0 Å². The summed E-state index contributed by atoms with van der Waals surface area (Å²) < 4.78 is 1.86. The van der Waals surface area contributed by atoms with Crippen LogP contribution in [0, 0.1) is 0 Å². The van der Waals surface area contributed by atoms with Crippen molar-refractivity contribution in [1.82, 2.24) is 9.55 Å². The van der Waals surface area contributed by atoms with Gasteiger partial charge >= 0.3 is 5.97 Å². The number of hydrogen-bond acceptors (Lipinski definition) is 2. The lowest BCUT2D eigenvalue weighted by Crippen LogP contribution is -2.15. The molecule has 4 heteroatoms. The molecule has 16 heavy (non-hydrogen) atoms. The molecule has 0 amide bonds. The highest BCUT2D eigenvalue weighted by Gasteiger charge is 2.23. The highest BCUT2D eigenvalue weighted by Crippen LogP contribution is 2.23. The lowest BCUT2D eigenvalue weighted by Gasteiger charge is -2.09. The van der Waals surface area contributed by atoms with E-state index in [1.54, 1.807) is 0 Å². The van der Waals surface area contributed by atoms with Gasteiger partial charge in [0, 0.05) is 7.05 Å². The van der Waals surface area contributed by atoms with Crippen LogP contribution in [0.4, 0.5) is 0 Å². The van der Waals surface area contributed by atoms with E-state index in [0.29, 0.717) is 12.2 Å². The number of carbonyl (C=O) groups is 1. The molecule has 2 aromatic rings. The van der Waals surface area contributed by atoms with Gasteiger partial charge in [0.15, 0.2) is 0 Å². The lowest BCUT2D eigenvalue weighted by atomic mass is 10.1. The third kappa shape index (κ3) is 1.56. The maximum absolute atomic E-state index is 11.1. The van der Waals surface area contributed by atoms with Crippen LogP contribution in [0.1, 0.15) is 25.1 Å². The zero-order chi connectivity index (χ0) is 11.7. The summed E-state index contributed by atoms with van der Waals surface area (Å²) in [5.74, 6) is -0.727. The fourth-order valence-electron chi connectivity index (χ4n) is 1.94. The average molecular weight is 218 g/mol. The minimum atomic E-state index is -0.819. The van der Waals surface area contributed by atoms with E-state index in [2.05, 4.69) is 4.98 Å². The number of aryl methyl sites for hydroxylation is 1. The smallest absolute Gasteiger partial charge is 0.314 e. The van der Waals surface area contributed by atoms with E-state index in [0.717, 1.165) is 11.0 Å². The molecule has 1 heterocycles. The molecule has 1 aromatic heterocycles. The van der Waals surface area contributed by atoms with Crippen molar-refractivity contribution in [1.29, 1.82) is 0 Å². The van der Waals surface area contributed by atoms with Crippen LogP contribution in [0.3, 0.4) is 0 Å². The fourth-order valence-corrected chi connectivity index (χ4v) is 1.94. The maximum atomic E-state index is 11.1. The Morgan fingerprint density at radius 1 is 1.50 bits per heavy atom. The molecule has 0 aliphatic carbocycles. The predicted octanol–water partition coefficient (Wildman–Crippen LogP) is 2.15. The molecule has 1 unspecified atom stereocenters. The monoisotopic (exact) mass is 218 g/mol. The SMILES string of the molecule is CCC(C(=O)O)c1nc2ccccc2n1C. The molecule has 0 spiro atoms. The molecular formula is C12H14N2O2. The molecule has 1 aromatic carbocycles. The van der Waals surface area contributed by atoms with Crippen molar-refractivity contribution in [3.8, 4) is 0 Å². The van der Waals surface area contributed by atoms with Crippen LogP contribution in [0.2, 0.25) is 0 Å². The van der Waals surface area contributed by atoms with Crippen LogP contribution in [-0.2, 0) is 11.8 Å². The van der Waals surface area contributed by atoms with Crippen LogP contribution in [-0.4, -0.2) is 20.6 Å². The molecule has 0 bridgehead atoms. The van der Waals surface area contributed by atoms with Crippen molar-refractivity contribution in [2.24, 2.45) is 7.05 Å². The summed E-state index contributed by atoms with van der Waals surface area (Å²) in [5.41, 5.74) is 1.82. The highest BCUT2D eigenvalue weighted by atomic mass is 16.4. The summed E-state index contributed by atoms with van der Waals surface area (Å²) in [6.07, 6.45) is 0.548. The summed E-state index contributed by atoms with van der Waals surface area (Å²) in [5, 5.41) is 9.12. The van der Waals surface area contributed by atoms with Crippen LogP contribution in [0.15, 0.2) is 24.3 Å². The van der Waals surface area contributed by atoms with E-state index in [1.807, 2.05) is 42.8 Å². The molecule has 0 radical (unpaired) electrons. The molecule has 1 atom stereocenters. The Morgan fingerprint density at radius 2 is 2.19 bits per heavy atom. The Kier molecular flexibility index (Phi) is 2.64. The molecular weight excluding hydrogens is 204 g/mol. The number of rotatable bonds is 3. The van der Waals surface area contributed by atoms with Gasteiger partial charge in [-0.25, -0.2) is 4.98 Å². The summed E-state index contributed by atoms with van der Waals surface area (Å²) >= 11 is 0. The van der Waals surface area contributed by atoms with Gasteiger partial charge in [0.2, 0.25) is 0 Å². The second-order valence-electron chi connectivity index (χ2n) is 3.82. The number of fused-ring (bicyclic) bond motifs is 1. The Hall–Kier alpha value is -1.84. The number of carboxylic acids is 1. The quantitative estimate of drug-likeness (QED) is 0.858. The van der Waals surface area contributed by atoms with Crippen LogP contribution in [0.5, 0.6) is 0 Å². The fraction of sp³-hybridized carbons (Fsp3) is 0.333. The molecule has 2 rings (SSSR count). The summed E-state index contributed by atoms with van der Waals surface area (Å²) in [6, 6.07) is 7.67. The topological polar surface area (TPSA) is 55.1 Å². The lowest BCUT2D eigenvalue weighted by molar-refractivity contribution is -0.139. The molecule has 4 nitrogen and oxygen atoms in total. The largest absolute Gasteiger partial charge is 0.481 e. The van der Waals surface area contributed by atoms with Gasteiger partial charge in [-0.3, -0.25) is 4.79 Å². The van der Waals surface area contributed by atoms with Crippen molar-refractivity contribution in [2.45, 2.75) is 19.3 Å². The van der Waals surface area contributed by atoms with Gasteiger partial charge in [-0.1, -0.05) is 19.1 Å². The molecule has 0 aliphatic rings. The number of imidazole rings is 1. The highest BCUT2D eigenvalue weighted by molar-refractivity contribution is 5.80. The molecule has 0 saturated carbocycles. The van der Waals surface area contributed by atoms with Gasteiger partial charge in [0.1, 0.15) is 11.7 Å². The van der Waals surface area contributed by atoms with Gasteiger partial charge < -0.3 is 9.67 Å². The number of nitrogens with zero attached hydrogens (tertiary/aromatic N) is 2. The van der Waals surface area contributed by atoms with E-state index >= 15 is 0 Å². The first-order valence-corrected chi connectivity index (χ1v) is 5.29. The predicted molar refractivity (Wildman–Crippen MR) is 61.4 cm³/mol. The first kappa shape index (κ1) is 10.7. The first-order chi connectivity index (χ1) is 7.65. The Morgan fingerprint density at radius 3 is 2.75 bits per heavy atom. The van der Waals surface area contributed by atoms with Gasteiger partial charge in [0.25, 0.3) is 0 Å². The van der Waals surface area contributed by atoms with E-state index in [1.165, 1.54) is 0 Å². The molecule has 1 N–H and O–H groups in total. The second-order valence-corrected chi connectivity index (χ2v) is 3.82. The standard InChI is InChI=1S/C12H14N2O2/c1-3-8(12(15)16)11-13-9-6-4-5-7-10(9)14(11)2/h4-8H,3H2,1-2H3,(H,15,16). The third-order valence-electron chi connectivity index (χ3n) is 2.84. The zero-order valence-electron chi connectivity index (χ0n) is 9.34. The number of carboxylic acid groups (broad SMARTS) is 1. The van der Waals surface area contributed by atoms with Crippen molar-refractivity contribution >= 4 is 17.0 Å². The van der Waals surface area contributed by atoms with E-state index < -0.39 is 11.9 Å². The minimum Gasteiger partial charge on any atom is -0.481 e. The first-order valence-electron chi connectivity index (χ1n) is 5.29. The van der Waals surface area contributed by atoms with Crippen LogP contribution < -0.4 is 0 Å². The van der Waals surface area contributed by atoms with Crippen molar-refractivity contribution in [2.75, 3.05) is 0 Å². The van der Waals surface area contributed by atoms with Crippen molar-refractivity contribution in [3.05, 3.63) is 30.1 Å². The second kappa shape index (κ2) is 3.96. The van der Waals surface area contributed by atoms with E-state index in [-0.39, 0.29) is 0 Å². The third-order valence-corrected chi connectivity index (χ3v) is 2.84. The minimum absolute atomic E-state index is 0.530. The normalized spacial score (nSPS) is 12.9. The molecule has 0 fully saturated rings. The maximum Gasteiger partial charge on any atom is 0.314 e. The van der Waals surface area contributed by atoms with Gasteiger partial charge in [-0.15, -0.1) is 0 Å². The van der Waals surface area contributed by atoms with E-state index in [9.17, 15) is 4.79 Å². The molecule has 0 aliphatic heterocycles. The van der Waals surface area contributed by atoms with Gasteiger partial charge in [0.05, 0.1) is 11.0 Å². The number of aromatic nitrogens is 2. The summed E-state index contributed by atoms with van der Waals surface area (Å²) in [4.78, 5) is 15.5. The Bertz CT molecular complexity index is 531. The Labute approximate surface area is 93.5 Å². The average Bonchev–Trinajstić information content (AvgIpc) is 2.58. The Balaban J connectivity index is 2.60. The molecule has 0 saturated heterocycles. The van der Waals surface area contributed by atoms with Crippen molar-refractivity contribution < 1.29 is 9.90 Å². The van der Waals surface area contributed by atoms with E-state index in [4.69, 9.17) is 5.11 Å². The number of hydrogen-bond donors (Lipinski definition) is 1. The zero-order valence-corrected chi connectivity index (χ0v) is 9.34. The van der Waals surface area contributed by atoms with Crippen molar-refractivity contribution in [3.63, 3.8) is 0 Å². The number of aliphatic carboxylic acids is 1. The van der Waals surface area contributed by atoms with Gasteiger partial charge in [-0.05, 0) is 18.6 Å². The molecule has 84 valence electrons. The number of para-hydroxylation sites is 2. The number of benzene rings is 1. The summed E-state index contributed by atoms with van der Waals surface area (Å²) in [6.45, 7) is 1.86.